The van der Waals surface area contributed by atoms with Gasteiger partial charge in [0.05, 0.1) is 0 Å². The molecule has 0 saturated carbocycles. The van der Waals surface area contributed by atoms with E-state index < -0.39 is 15.8 Å². The third-order valence-corrected chi connectivity index (χ3v) is 7.94. The highest BCUT2D eigenvalue weighted by Crippen LogP contribution is 2.25. The van der Waals surface area contributed by atoms with Gasteiger partial charge in [-0.2, -0.15) is 4.31 Å². The van der Waals surface area contributed by atoms with Crippen LogP contribution in [0, 0.1) is 5.82 Å². The lowest BCUT2D eigenvalue weighted by Gasteiger charge is -2.35. The highest BCUT2D eigenvalue weighted by atomic mass is 79.9. The molecule has 1 amide bonds. The zero-order valence-electron chi connectivity index (χ0n) is 16.1. The lowest BCUT2D eigenvalue weighted by molar-refractivity contribution is -0.134. The van der Waals surface area contributed by atoms with Crippen LogP contribution in [-0.2, 0) is 14.8 Å². The van der Waals surface area contributed by atoms with Gasteiger partial charge in [0, 0.05) is 36.7 Å². The Balaban J connectivity index is 1.36. The Morgan fingerprint density at radius 2 is 1.67 bits per heavy atom. The fourth-order valence-corrected chi connectivity index (χ4v) is 5.55. The van der Waals surface area contributed by atoms with Crippen LogP contribution in [0.4, 0.5) is 4.39 Å². The Morgan fingerprint density at radius 3 is 2.33 bits per heavy atom. The lowest BCUT2D eigenvalue weighted by atomic mass is 10.0. The number of piperazine rings is 1. The molecule has 0 aliphatic carbocycles. The molecule has 2 aromatic rings. The molecule has 2 aliphatic rings. The van der Waals surface area contributed by atoms with Gasteiger partial charge in [-0.05, 0) is 36.2 Å². The molecule has 2 heterocycles. The van der Waals surface area contributed by atoms with E-state index in [0.29, 0.717) is 6.42 Å². The van der Waals surface area contributed by atoms with Crippen LogP contribution in [0.1, 0.15) is 18.0 Å². The van der Waals surface area contributed by atoms with E-state index in [0.717, 1.165) is 16.1 Å². The quantitative estimate of drug-likeness (QED) is 0.676. The first kappa shape index (κ1) is 21.4. The standard InChI is InChI=1S/C20H22BrFN4O3S/c21-15-7-5-14(6-8-15)17-13-18(24-23-17)20(27)25-9-11-26(12-10-25)30(28,29)19-4-2-1-3-16(19)22/h1-8,17-18,23-24H,9-13H2. The summed E-state index contributed by atoms with van der Waals surface area (Å²) in [7, 11) is -3.92. The third-order valence-electron chi connectivity index (χ3n) is 5.48. The second-order valence-electron chi connectivity index (χ2n) is 7.34. The number of hydrogen-bond acceptors (Lipinski definition) is 5. The van der Waals surface area contributed by atoms with E-state index in [1.807, 2.05) is 24.3 Å². The molecule has 2 N–H and O–H groups in total. The SMILES string of the molecule is O=C(C1CC(c2ccc(Br)cc2)NN1)N1CCN(S(=O)(=O)c2ccccc2F)CC1. The molecule has 160 valence electrons. The Kier molecular flexibility index (Phi) is 6.21. The number of halogens is 2. The molecule has 2 unspecified atom stereocenters. The number of benzene rings is 2. The fraction of sp³-hybridized carbons (Fsp3) is 0.350. The number of hydrazine groups is 1. The van der Waals surface area contributed by atoms with E-state index in [9.17, 15) is 17.6 Å². The van der Waals surface area contributed by atoms with Gasteiger partial charge in [0.1, 0.15) is 16.8 Å². The molecule has 2 fully saturated rings. The molecule has 0 radical (unpaired) electrons. The highest BCUT2D eigenvalue weighted by molar-refractivity contribution is 9.10. The first-order valence-electron chi connectivity index (χ1n) is 9.66. The smallest absolute Gasteiger partial charge is 0.246 e. The van der Waals surface area contributed by atoms with Crippen LogP contribution in [0.25, 0.3) is 0 Å². The molecule has 10 heteroatoms. The average Bonchev–Trinajstić information content (AvgIpc) is 3.24. The molecule has 4 rings (SSSR count). The van der Waals surface area contributed by atoms with Crippen molar-refractivity contribution in [3.63, 3.8) is 0 Å². The molecule has 2 aromatic carbocycles. The van der Waals surface area contributed by atoms with E-state index >= 15 is 0 Å². The number of rotatable bonds is 4. The second-order valence-corrected chi connectivity index (χ2v) is 10.2. The van der Waals surface area contributed by atoms with E-state index in [4.69, 9.17) is 0 Å². The van der Waals surface area contributed by atoms with Gasteiger partial charge in [0.15, 0.2) is 0 Å². The lowest BCUT2D eigenvalue weighted by Crippen LogP contribution is -2.54. The van der Waals surface area contributed by atoms with Gasteiger partial charge >= 0.3 is 0 Å². The molecule has 30 heavy (non-hydrogen) atoms. The minimum Gasteiger partial charge on any atom is -0.339 e. The van der Waals surface area contributed by atoms with E-state index in [1.165, 1.54) is 22.5 Å². The maximum Gasteiger partial charge on any atom is 0.246 e. The number of carbonyl (C=O) groups is 1. The molecular formula is C20H22BrFN4O3S. The predicted molar refractivity (Wildman–Crippen MR) is 113 cm³/mol. The van der Waals surface area contributed by atoms with E-state index in [2.05, 4.69) is 26.8 Å². The Bertz CT molecular complexity index is 1030. The number of nitrogens with one attached hydrogen (secondary N) is 2. The monoisotopic (exact) mass is 496 g/mol. The molecule has 0 bridgehead atoms. The maximum absolute atomic E-state index is 14.0. The molecule has 2 saturated heterocycles. The van der Waals surface area contributed by atoms with Gasteiger partial charge in [-0.3, -0.25) is 4.79 Å². The summed E-state index contributed by atoms with van der Waals surface area (Å²) in [4.78, 5) is 14.2. The summed E-state index contributed by atoms with van der Waals surface area (Å²) >= 11 is 3.41. The third kappa shape index (κ3) is 4.28. The number of hydrogen-bond donors (Lipinski definition) is 2. The van der Waals surface area contributed by atoms with Crippen LogP contribution in [0.15, 0.2) is 57.9 Å². The van der Waals surface area contributed by atoms with Crippen molar-refractivity contribution in [2.24, 2.45) is 0 Å². The van der Waals surface area contributed by atoms with Crippen LogP contribution < -0.4 is 10.9 Å². The molecule has 2 aliphatic heterocycles. The van der Waals surface area contributed by atoms with Gasteiger partial charge in [-0.25, -0.2) is 23.7 Å². The predicted octanol–water partition coefficient (Wildman–Crippen LogP) is 2.03. The normalized spacial score (nSPS) is 22.9. The summed E-state index contributed by atoms with van der Waals surface area (Å²) in [5.74, 6) is -0.832. The minimum atomic E-state index is -3.92. The van der Waals surface area contributed by atoms with E-state index in [-0.39, 0.29) is 49.1 Å². The van der Waals surface area contributed by atoms with Crippen molar-refractivity contribution in [2.75, 3.05) is 26.2 Å². The molecule has 7 nitrogen and oxygen atoms in total. The molecule has 0 spiro atoms. The number of carbonyl (C=O) groups excluding carboxylic acids is 1. The fourth-order valence-electron chi connectivity index (χ4n) is 3.79. The zero-order valence-corrected chi connectivity index (χ0v) is 18.5. The summed E-state index contributed by atoms with van der Waals surface area (Å²) in [6, 6.07) is 12.9. The van der Waals surface area contributed by atoms with Crippen molar-refractivity contribution in [3.05, 3.63) is 64.4 Å². The average molecular weight is 497 g/mol. The van der Waals surface area contributed by atoms with Gasteiger partial charge in [-0.15, -0.1) is 0 Å². The Morgan fingerprint density at radius 1 is 1.00 bits per heavy atom. The highest BCUT2D eigenvalue weighted by Gasteiger charge is 2.36. The summed E-state index contributed by atoms with van der Waals surface area (Å²) < 4.78 is 41.6. The van der Waals surface area contributed by atoms with Crippen LogP contribution in [0.2, 0.25) is 0 Å². The first-order chi connectivity index (χ1) is 14.4. The largest absolute Gasteiger partial charge is 0.339 e. The van der Waals surface area contributed by atoms with Crippen molar-refractivity contribution in [3.8, 4) is 0 Å². The summed E-state index contributed by atoms with van der Waals surface area (Å²) in [6.45, 7) is 0.818. The van der Waals surface area contributed by atoms with Crippen LogP contribution in [0.3, 0.4) is 0 Å². The van der Waals surface area contributed by atoms with Gasteiger partial charge < -0.3 is 4.90 Å². The van der Waals surface area contributed by atoms with Gasteiger partial charge in [-0.1, -0.05) is 40.2 Å². The van der Waals surface area contributed by atoms with Crippen molar-refractivity contribution < 1.29 is 17.6 Å². The zero-order chi connectivity index (χ0) is 21.3. The van der Waals surface area contributed by atoms with Crippen molar-refractivity contribution >= 4 is 31.9 Å². The summed E-state index contributed by atoms with van der Waals surface area (Å²) in [5, 5.41) is 0. The molecule has 0 aromatic heterocycles. The van der Waals surface area contributed by atoms with Gasteiger partial charge in [0.2, 0.25) is 15.9 Å². The van der Waals surface area contributed by atoms with Crippen LogP contribution in [-0.4, -0.2) is 55.8 Å². The summed E-state index contributed by atoms with van der Waals surface area (Å²) in [5.41, 5.74) is 7.30. The Hall–Kier alpha value is -1.85. The van der Waals surface area contributed by atoms with E-state index in [1.54, 1.807) is 4.90 Å². The maximum atomic E-state index is 14.0. The van der Waals surface area contributed by atoms with Crippen LogP contribution >= 0.6 is 15.9 Å². The van der Waals surface area contributed by atoms with Crippen LogP contribution in [0.5, 0.6) is 0 Å². The second kappa shape index (κ2) is 8.72. The molecular weight excluding hydrogens is 475 g/mol. The number of amides is 1. The molecule has 2 atom stereocenters. The van der Waals surface area contributed by atoms with Crippen molar-refractivity contribution in [2.45, 2.75) is 23.4 Å². The topological polar surface area (TPSA) is 81.8 Å². The van der Waals surface area contributed by atoms with Crippen molar-refractivity contribution in [1.29, 1.82) is 0 Å². The van der Waals surface area contributed by atoms with Crippen molar-refractivity contribution in [1.82, 2.24) is 20.1 Å². The first-order valence-corrected chi connectivity index (χ1v) is 11.9. The summed E-state index contributed by atoms with van der Waals surface area (Å²) in [6.07, 6.45) is 0.605. The minimum absolute atomic E-state index is 0.0229. The Labute approximate surface area is 183 Å². The van der Waals surface area contributed by atoms with Gasteiger partial charge in [0.25, 0.3) is 0 Å². The number of nitrogens with zero attached hydrogens (tertiary/aromatic N) is 2. The number of sulfonamides is 1.